The number of nitrogens with two attached hydrogens (primary N) is 1. The molecule has 0 bridgehead atoms. The van der Waals surface area contributed by atoms with Gasteiger partial charge >= 0.3 is 5.97 Å². The summed E-state index contributed by atoms with van der Waals surface area (Å²) in [5.41, 5.74) is 9.55. The van der Waals surface area contributed by atoms with Gasteiger partial charge in [0.15, 0.2) is 0 Å². The van der Waals surface area contributed by atoms with Crippen molar-refractivity contribution in [3.05, 3.63) is 58.6 Å². The number of benzene rings is 2. The number of nitrogens with one attached hydrogen (secondary N) is 1. The predicted molar refractivity (Wildman–Crippen MR) is 97.5 cm³/mol. The molecule has 2 aromatic rings. The van der Waals surface area contributed by atoms with Crippen LogP contribution in [0.3, 0.4) is 0 Å². The van der Waals surface area contributed by atoms with Gasteiger partial charge in [-0.25, -0.2) is 4.79 Å². The van der Waals surface area contributed by atoms with E-state index in [1.807, 2.05) is 0 Å². The van der Waals surface area contributed by atoms with Crippen LogP contribution in [-0.4, -0.2) is 22.5 Å². The molecule has 0 unspecified atom stereocenters. The van der Waals surface area contributed by atoms with Crippen LogP contribution in [0.1, 0.15) is 6.92 Å². The fraction of sp³-hybridized carbons (Fsp3) is 0.125. The zero-order valence-corrected chi connectivity index (χ0v) is 14.2. The highest BCUT2D eigenvalue weighted by atomic mass is 32.2. The normalized spacial score (nSPS) is 11.0. The summed E-state index contributed by atoms with van der Waals surface area (Å²) >= 11 is 1.07. The minimum Gasteiger partial charge on any atom is -0.461 e. The van der Waals surface area contributed by atoms with Gasteiger partial charge in [0, 0.05) is 22.7 Å². The van der Waals surface area contributed by atoms with Gasteiger partial charge in [-0.1, -0.05) is 23.9 Å². The van der Waals surface area contributed by atoms with E-state index in [0.29, 0.717) is 16.3 Å². The van der Waals surface area contributed by atoms with Gasteiger partial charge in [0.1, 0.15) is 0 Å². The third-order valence-electron chi connectivity index (χ3n) is 2.94. The Kier molecular flexibility index (Phi) is 6.35. The van der Waals surface area contributed by atoms with Crippen LogP contribution in [0.5, 0.6) is 0 Å². The molecule has 25 heavy (non-hydrogen) atoms. The molecule has 2 rings (SSSR count). The first-order valence-electron chi connectivity index (χ1n) is 7.29. The Morgan fingerprint density at radius 1 is 1.28 bits per heavy atom. The molecule has 3 N–H and O–H groups in total. The van der Waals surface area contributed by atoms with E-state index in [-0.39, 0.29) is 17.3 Å². The van der Waals surface area contributed by atoms with Crippen molar-refractivity contribution < 1.29 is 14.5 Å². The number of esters is 1. The topological polar surface area (TPSA) is 120 Å². The van der Waals surface area contributed by atoms with Crippen molar-refractivity contribution in [2.75, 3.05) is 17.8 Å². The Morgan fingerprint density at radius 2 is 1.96 bits per heavy atom. The summed E-state index contributed by atoms with van der Waals surface area (Å²) in [6.07, 6.45) is 0. The molecule has 0 aliphatic rings. The number of hydrogen-bond acceptors (Lipinski definition) is 8. The lowest BCUT2D eigenvalue weighted by Crippen LogP contribution is -2.16. The van der Waals surface area contributed by atoms with Crippen molar-refractivity contribution in [2.45, 2.75) is 11.8 Å². The monoisotopic (exact) mass is 360 g/mol. The summed E-state index contributed by atoms with van der Waals surface area (Å²) in [5.74, 6) is -0.592. The van der Waals surface area contributed by atoms with Gasteiger partial charge in [-0.05, 0) is 31.2 Å². The van der Waals surface area contributed by atoms with Crippen LogP contribution in [-0.2, 0) is 9.53 Å². The van der Waals surface area contributed by atoms with E-state index in [9.17, 15) is 14.9 Å². The highest BCUT2D eigenvalue weighted by Crippen LogP contribution is 2.26. The Balaban J connectivity index is 2.19. The lowest BCUT2D eigenvalue weighted by Gasteiger charge is -2.08. The highest BCUT2D eigenvalue weighted by molar-refractivity contribution is 8.15. The average molecular weight is 360 g/mol. The van der Waals surface area contributed by atoms with Gasteiger partial charge in [-0.3, -0.25) is 15.5 Å². The third kappa shape index (κ3) is 5.21. The van der Waals surface area contributed by atoms with E-state index in [0.717, 1.165) is 11.8 Å². The quantitative estimate of drug-likeness (QED) is 0.160. The van der Waals surface area contributed by atoms with Gasteiger partial charge in [-0.2, -0.15) is 5.10 Å². The maximum atomic E-state index is 12.1. The third-order valence-corrected chi connectivity index (χ3v) is 3.98. The standard InChI is InChI=1S/C16H16N4O4S/c1-2-24-16(21)15(25-14-6-4-3-5-13(14)17)19-18-11-7-9-12(10-8-11)20(22)23/h3-10,18H,2,17H2,1H3/b19-15+. The number of rotatable bonds is 5. The first kappa shape index (κ1) is 18.3. The minimum atomic E-state index is -0.592. The molecule has 0 atom stereocenters. The number of nitrogen functional groups attached to an aromatic ring is 1. The van der Waals surface area contributed by atoms with E-state index >= 15 is 0 Å². The Hall–Kier alpha value is -3.07. The van der Waals surface area contributed by atoms with Crippen LogP contribution in [0.25, 0.3) is 0 Å². The second-order valence-corrected chi connectivity index (χ2v) is 5.72. The number of nitro benzene ring substituents is 1. The number of hydrogen-bond donors (Lipinski definition) is 2. The fourth-order valence-electron chi connectivity index (χ4n) is 1.75. The molecule has 0 aliphatic heterocycles. The number of hydrazone groups is 1. The largest absolute Gasteiger partial charge is 0.461 e. The second kappa shape index (κ2) is 8.69. The molecule has 0 spiro atoms. The molecule has 0 saturated carbocycles. The van der Waals surface area contributed by atoms with Crippen molar-refractivity contribution >= 4 is 39.8 Å². The molecule has 0 aromatic heterocycles. The molecular weight excluding hydrogens is 344 g/mol. The summed E-state index contributed by atoms with van der Waals surface area (Å²) in [7, 11) is 0. The van der Waals surface area contributed by atoms with Crippen LogP contribution in [0.2, 0.25) is 0 Å². The predicted octanol–water partition coefficient (Wildman–Crippen LogP) is 3.26. The van der Waals surface area contributed by atoms with Crippen molar-refractivity contribution in [2.24, 2.45) is 5.10 Å². The van der Waals surface area contributed by atoms with E-state index in [1.54, 1.807) is 31.2 Å². The Morgan fingerprint density at radius 3 is 2.56 bits per heavy atom. The summed E-state index contributed by atoms with van der Waals surface area (Å²) in [6.45, 7) is 1.90. The van der Waals surface area contributed by atoms with Crippen molar-refractivity contribution in [1.29, 1.82) is 0 Å². The number of nitro groups is 1. The van der Waals surface area contributed by atoms with Crippen molar-refractivity contribution in [3.8, 4) is 0 Å². The van der Waals surface area contributed by atoms with Gasteiger partial charge in [0.25, 0.3) is 5.69 Å². The van der Waals surface area contributed by atoms with Crippen LogP contribution < -0.4 is 11.2 Å². The van der Waals surface area contributed by atoms with Crippen molar-refractivity contribution in [3.63, 3.8) is 0 Å². The van der Waals surface area contributed by atoms with Gasteiger partial charge in [0.05, 0.1) is 17.2 Å². The van der Waals surface area contributed by atoms with Gasteiger partial charge in [-0.15, -0.1) is 0 Å². The van der Waals surface area contributed by atoms with Crippen LogP contribution >= 0.6 is 11.8 Å². The fourth-order valence-corrected chi connectivity index (χ4v) is 2.53. The maximum Gasteiger partial charge on any atom is 0.365 e. The average Bonchev–Trinajstić information content (AvgIpc) is 2.60. The lowest BCUT2D eigenvalue weighted by atomic mass is 10.3. The molecule has 0 amide bonds. The molecule has 8 nitrogen and oxygen atoms in total. The number of thioether (sulfide) groups is 1. The van der Waals surface area contributed by atoms with Crippen molar-refractivity contribution in [1.82, 2.24) is 0 Å². The number of nitrogens with zero attached hydrogens (tertiary/aromatic N) is 2. The van der Waals surface area contributed by atoms with E-state index in [2.05, 4.69) is 10.5 Å². The molecule has 0 fully saturated rings. The summed E-state index contributed by atoms with van der Waals surface area (Å²) in [6, 6.07) is 12.7. The number of carbonyl (C=O) groups excluding carboxylic acids is 1. The highest BCUT2D eigenvalue weighted by Gasteiger charge is 2.16. The first-order valence-corrected chi connectivity index (χ1v) is 8.10. The smallest absolute Gasteiger partial charge is 0.365 e. The van der Waals surface area contributed by atoms with Crippen LogP contribution in [0, 0.1) is 10.1 Å². The summed E-state index contributed by atoms with van der Waals surface area (Å²) in [5, 5.41) is 14.8. The molecule has 130 valence electrons. The zero-order chi connectivity index (χ0) is 18.2. The molecule has 2 aromatic carbocycles. The maximum absolute atomic E-state index is 12.1. The van der Waals surface area contributed by atoms with E-state index in [4.69, 9.17) is 10.5 Å². The van der Waals surface area contributed by atoms with Crippen LogP contribution in [0.4, 0.5) is 17.1 Å². The minimum absolute atomic E-state index is 0.0356. The summed E-state index contributed by atoms with van der Waals surface area (Å²) < 4.78 is 4.99. The molecule has 0 saturated heterocycles. The Bertz CT molecular complexity index is 793. The molecule has 0 aliphatic carbocycles. The van der Waals surface area contributed by atoms with Gasteiger partial charge < -0.3 is 10.5 Å². The number of para-hydroxylation sites is 1. The molecular formula is C16H16N4O4S. The molecule has 9 heteroatoms. The first-order chi connectivity index (χ1) is 12.0. The van der Waals surface area contributed by atoms with Crippen LogP contribution in [0.15, 0.2) is 58.5 Å². The number of non-ortho nitro benzene ring substituents is 1. The number of carbonyl (C=O) groups is 1. The number of anilines is 2. The van der Waals surface area contributed by atoms with E-state index < -0.39 is 10.9 Å². The Labute approximate surface area is 148 Å². The number of ether oxygens (including phenoxy) is 1. The van der Waals surface area contributed by atoms with Gasteiger partial charge in [0.2, 0.25) is 5.04 Å². The lowest BCUT2D eigenvalue weighted by molar-refractivity contribution is -0.384. The second-order valence-electron chi connectivity index (χ2n) is 4.69. The summed E-state index contributed by atoms with van der Waals surface area (Å²) in [4.78, 5) is 22.9. The van der Waals surface area contributed by atoms with E-state index in [1.165, 1.54) is 24.3 Å². The molecule has 0 radical (unpaired) electrons. The zero-order valence-electron chi connectivity index (χ0n) is 13.3. The molecule has 0 heterocycles. The SMILES string of the molecule is CCOC(=O)/C(=N\Nc1ccc([N+](=O)[O-])cc1)Sc1ccccc1N.